The van der Waals surface area contributed by atoms with E-state index in [9.17, 15) is 19.2 Å². The second-order valence-corrected chi connectivity index (χ2v) is 19.7. The Kier molecular flexibility index (Phi) is 16.6. The maximum absolute atomic E-state index is 13.7. The maximum atomic E-state index is 13.7. The fourth-order valence-corrected chi connectivity index (χ4v) is 12.7. The molecule has 0 aliphatic heterocycles. The van der Waals surface area contributed by atoms with Crippen molar-refractivity contribution in [1.82, 2.24) is 0 Å². The standard InChI is InChI=1S/C50H78O4/c1-7-13-40(44(8-2)50(54)27-35(6)51)28-36-15-10-12-17-39(34(5)26-42(52)30-36)32-43(53)31-37-18-21-46-41(29-37)20-23-49-47-22-19-38(16-11-9-14-33(3)4)45(47)24-25-48(46)49/h12,17,20,33,36-38,40,44-49H,7-11,13-16,18-19,21-32H2,1-6H3. The smallest absolute Gasteiger partial charge is 0.143 e. The van der Waals surface area contributed by atoms with Crippen LogP contribution in [0.1, 0.15) is 189 Å². The van der Waals surface area contributed by atoms with Crippen LogP contribution >= 0.6 is 0 Å². The number of hydrogen-bond acceptors (Lipinski definition) is 4. The van der Waals surface area contributed by atoms with Gasteiger partial charge in [0.2, 0.25) is 0 Å². The Labute approximate surface area is 330 Å². The number of allylic oxidation sites excluding steroid dienone is 6. The number of ketones is 4. The van der Waals surface area contributed by atoms with Gasteiger partial charge in [0, 0.05) is 31.6 Å². The highest BCUT2D eigenvalue weighted by Crippen LogP contribution is 2.59. The van der Waals surface area contributed by atoms with Crippen LogP contribution in [0.4, 0.5) is 0 Å². The van der Waals surface area contributed by atoms with Gasteiger partial charge < -0.3 is 0 Å². The second-order valence-electron chi connectivity index (χ2n) is 19.7. The van der Waals surface area contributed by atoms with Gasteiger partial charge >= 0.3 is 0 Å². The molecule has 0 spiro atoms. The first-order valence-corrected chi connectivity index (χ1v) is 23.1. The molecular weight excluding hydrogens is 665 g/mol. The van der Waals surface area contributed by atoms with Crippen LogP contribution in [-0.2, 0) is 19.2 Å². The molecule has 0 N–H and O–H groups in total. The fourth-order valence-electron chi connectivity index (χ4n) is 12.7. The summed E-state index contributed by atoms with van der Waals surface area (Å²) in [7, 11) is 0. The monoisotopic (exact) mass is 743 g/mol. The predicted molar refractivity (Wildman–Crippen MR) is 223 cm³/mol. The van der Waals surface area contributed by atoms with Gasteiger partial charge in [0.05, 0.1) is 6.42 Å². The third-order valence-electron chi connectivity index (χ3n) is 15.3. The van der Waals surface area contributed by atoms with Gasteiger partial charge in [-0.3, -0.25) is 19.2 Å². The van der Waals surface area contributed by atoms with Crippen molar-refractivity contribution in [3.8, 4) is 0 Å². The first-order chi connectivity index (χ1) is 26.0. The quantitative estimate of drug-likeness (QED) is 0.0796. The van der Waals surface area contributed by atoms with Crippen molar-refractivity contribution in [1.29, 1.82) is 0 Å². The highest BCUT2D eigenvalue weighted by Gasteiger charge is 2.49. The zero-order valence-electron chi connectivity index (χ0n) is 35.5. The molecule has 3 saturated carbocycles. The van der Waals surface area contributed by atoms with Crippen molar-refractivity contribution in [2.24, 2.45) is 65.1 Å². The lowest BCUT2D eigenvalue weighted by Crippen LogP contribution is -2.41. The van der Waals surface area contributed by atoms with Gasteiger partial charge in [-0.25, -0.2) is 0 Å². The topological polar surface area (TPSA) is 68.3 Å². The zero-order valence-corrected chi connectivity index (χ0v) is 35.5. The molecule has 54 heavy (non-hydrogen) atoms. The van der Waals surface area contributed by atoms with Crippen LogP contribution in [-0.4, -0.2) is 23.1 Å². The molecule has 10 atom stereocenters. The minimum absolute atomic E-state index is 0.0244. The van der Waals surface area contributed by atoms with E-state index in [2.05, 4.69) is 52.8 Å². The fraction of sp³-hybridized carbons (Fsp3) is 0.800. The summed E-state index contributed by atoms with van der Waals surface area (Å²) in [5.74, 6) is 7.77. The van der Waals surface area contributed by atoms with Crippen molar-refractivity contribution in [3.05, 3.63) is 34.9 Å². The maximum Gasteiger partial charge on any atom is 0.143 e. The highest BCUT2D eigenvalue weighted by molar-refractivity contribution is 5.99. The summed E-state index contributed by atoms with van der Waals surface area (Å²) in [4.78, 5) is 51.8. The molecule has 5 rings (SSSR count). The molecule has 3 fully saturated rings. The molecule has 5 aliphatic rings. The van der Waals surface area contributed by atoms with Crippen molar-refractivity contribution < 1.29 is 19.2 Å². The summed E-state index contributed by atoms with van der Waals surface area (Å²) in [5, 5.41) is 0. The van der Waals surface area contributed by atoms with E-state index in [0.29, 0.717) is 37.4 Å². The minimum Gasteiger partial charge on any atom is -0.300 e. The molecule has 0 saturated heterocycles. The second kappa shape index (κ2) is 20.9. The SMILES string of the molecule is CCCC(CC1CCC=CC(CC(=O)CC2CCC3C(=CCC4C3CCC3C(CCCCC(C)C)CCC34)C2)=C(C)CC(=O)C1)C(CC)C(=O)CC(C)=O. The summed E-state index contributed by atoms with van der Waals surface area (Å²) in [6, 6.07) is 0. The van der Waals surface area contributed by atoms with Gasteiger partial charge in [-0.1, -0.05) is 95.6 Å². The Balaban J connectivity index is 1.11. The number of Topliss-reactive ketones (excluding diaryl/α,β-unsaturated/α-hetero) is 4. The van der Waals surface area contributed by atoms with Crippen LogP contribution in [0.2, 0.25) is 0 Å². The van der Waals surface area contributed by atoms with Gasteiger partial charge in [0.25, 0.3) is 0 Å². The molecule has 302 valence electrons. The van der Waals surface area contributed by atoms with Gasteiger partial charge in [0.15, 0.2) is 0 Å². The Hall–Kier alpha value is -2.10. The molecule has 0 aromatic carbocycles. The Bertz CT molecular complexity index is 1380. The average Bonchev–Trinajstić information content (AvgIpc) is 3.54. The molecule has 10 unspecified atom stereocenters. The first kappa shape index (κ1) is 43.0. The molecule has 0 heterocycles. The van der Waals surface area contributed by atoms with Crippen molar-refractivity contribution in [3.63, 3.8) is 0 Å². The minimum atomic E-state index is -0.107. The van der Waals surface area contributed by atoms with E-state index in [4.69, 9.17) is 0 Å². The number of carbonyl (C=O) groups excluding carboxylic acids is 4. The van der Waals surface area contributed by atoms with Crippen LogP contribution in [0, 0.1) is 65.1 Å². The van der Waals surface area contributed by atoms with Crippen LogP contribution in [0.25, 0.3) is 0 Å². The largest absolute Gasteiger partial charge is 0.300 e. The Morgan fingerprint density at radius 1 is 0.852 bits per heavy atom. The van der Waals surface area contributed by atoms with Crippen LogP contribution in [0.5, 0.6) is 0 Å². The van der Waals surface area contributed by atoms with E-state index in [-0.39, 0.29) is 41.5 Å². The molecule has 0 aromatic heterocycles. The van der Waals surface area contributed by atoms with Crippen molar-refractivity contribution in [2.45, 2.75) is 189 Å². The van der Waals surface area contributed by atoms with Gasteiger partial charge in [-0.15, -0.1) is 0 Å². The van der Waals surface area contributed by atoms with Crippen LogP contribution in [0.3, 0.4) is 0 Å². The molecule has 0 bridgehead atoms. The van der Waals surface area contributed by atoms with E-state index in [1.54, 1.807) is 5.57 Å². The van der Waals surface area contributed by atoms with Crippen LogP contribution in [0.15, 0.2) is 34.9 Å². The normalized spacial score (nSPS) is 31.3. The van der Waals surface area contributed by atoms with E-state index < -0.39 is 0 Å². The lowest BCUT2D eigenvalue weighted by Gasteiger charge is -2.50. The number of rotatable bonds is 18. The number of carbonyl (C=O) groups is 4. The molecular formula is C50H78O4. The number of hydrogen-bond donors (Lipinski definition) is 0. The van der Waals surface area contributed by atoms with E-state index in [1.165, 1.54) is 77.6 Å². The van der Waals surface area contributed by atoms with Crippen molar-refractivity contribution >= 4 is 23.1 Å². The van der Waals surface area contributed by atoms with E-state index >= 15 is 0 Å². The molecule has 4 nitrogen and oxygen atoms in total. The number of unbranched alkanes of at least 4 members (excludes halogenated alkanes) is 1. The summed E-state index contributed by atoms with van der Waals surface area (Å²) in [6.07, 6.45) is 30.9. The Morgan fingerprint density at radius 3 is 2.37 bits per heavy atom. The summed E-state index contributed by atoms with van der Waals surface area (Å²) in [5.41, 5.74) is 3.80. The lowest BCUT2D eigenvalue weighted by molar-refractivity contribution is -0.130. The van der Waals surface area contributed by atoms with Gasteiger partial charge in [0.1, 0.15) is 23.1 Å². The van der Waals surface area contributed by atoms with E-state index in [0.717, 1.165) is 97.5 Å². The van der Waals surface area contributed by atoms with Gasteiger partial charge in [-0.05, 0) is 156 Å². The van der Waals surface area contributed by atoms with Crippen molar-refractivity contribution in [2.75, 3.05) is 0 Å². The Morgan fingerprint density at radius 2 is 1.63 bits per heavy atom. The number of fused-ring (bicyclic) bond motifs is 5. The third-order valence-corrected chi connectivity index (χ3v) is 15.3. The molecule has 0 radical (unpaired) electrons. The van der Waals surface area contributed by atoms with Crippen LogP contribution < -0.4 is 0 Å². The zero-order chi connectivity index (χ0) is 38.8. The molecule has 5 aliphatic carbocycles. The molecule has 4 heteroatoms. The summed E-state index contributed by atoms with van der Waals surface area (Å²) >= 11 is 0. The third kappa shape index (κ3) is 11.7. The lowest BCUT2D eigenvalue weighted by atomic mass is 9.55. The van der Waals surface area contributed by atoms with E-state index in [1.807, 2.05) is 0 Å². The molecule has 0 aromatic rings. The predicted octanol–water partition coefficient (Wildman–Crippen LogP) is 13.0. The average molecular weight is 743 g/mol. The highest BCUT2D eigenvalue weighted by atomic mass is 16.1. The first-order valence-electron chi connectivity index (χ1n) is 23.1. The summed E-state index contributed by atoms with van der Waals surface area (Å²) in [6.45, 7) is 12.5. The molecule has 0 amide bonds. The summed E-state index contributed by atoms with van der Waals surface area (Å²) < 4.78 is 0. The van der Waals surface area contributed by atoms with Gasteiger partial charge in [-0.2, -0.15) is 0 Å².